The number of rotatable bonds is 6. The van der Waals surface area contributed by atoms with E-state index in [2.05, 4.69) is 0 Å². The highest BCUT2D eigenvalue weighted by atomic mass is 19.3. The van der Waals surface area contributed by atoms with Gasteiger partial charge < -0.3 is 9.84 Å². The number of hydrogen-bond donors (Lipinski definition) is 1. The maximum Gasteiger partial charge on any atom is 0.261 e. The molecule has 0 spiro atoms. The molecule has 1 aromatic carbocycles. The van der Waals surface area contributed by atoms with Gasteiger partial charge in [-0.05, 0) is 25.0 Å². The fraction of sp³-hybridized carbons (Fsp3) is 0.538. The van der Waals surface area contributed by atoms with Gasteiger partial charge in [0.2, 0.25) is 0 Å². The maximum absolute atomic E-state index is 11.8. The van der Waals surface area contributed by atoms with Crippen LogP contribution in [0.2, 0.25) is 0 Å². The number of benzene rings is 1. The van der Waals surface area contributed by atoms with E-state index >= 15 is 0 Å². The molecule has 2 nitrogen and oxygen atoms in total. The Morgan fingerprint density at radius 1 is 1.29 bits per heavy atom. The highest BCUT2D eigenvalue weighted by molar-refractivity contribution is 5.32. The Hall–Kier alpha value is -1.00. The van der Waals surface area contributed by atoms with Crippen LogP contribution in [0.1, 0.15) is 29.2 Å². The van der Waals surface area contributed by atoms with Crippen molar-refractivity contribution in [1.82, 2.24) is 0 Å². The summed E-state index contributed by atoms with van der Waals surface area (Å²) in [5, 5.41) is 9.92. The summed E-state index contributed by atoms with van der Waals surface area (Å²) in [4.78, 5) is 0. The molecule has 1 rings (SSSR count). The lowest BCUT2D eigenvalue weighted by Crippen LogP contribution is -2.09. The first-order valence-corrected chi connectivity index (χ1v) is 5.62. The molecular weight excluding hydrogens is 226 g/mol. The van der Waals surface area contributed by atoms with Crippen molar-refractivity contribution in [3.63, 3.8) is 0 Å². The second-order valence-corrected chi connectivity index (χ2v) is 4.13. The fourth-order valence-electron chi connectivity index (χ4n) is 1.64. The number of halogens is 2. The third kappa shape index (κ3) is 4.79. The number of aryl methyl sites for hydroxylation is 2. The van der Waals surface area contributed by atoms with E-state index in [4.69, 9.17) is 4.74 Å². The van der Waals surface area contributed by atoms with E-state index in [1.807, 2.05) is 32.0 Å². The van der Waals surface area contributed by atoms with E-state index < -0.39 is 19.1 Å². The Kier molecular flexibility index (Phi) is 5.51. The van der Waals surface area contributed by atoms with Crippen molar-refractivity contribution in [2.45, 2.75) is 32.8 Å². The number of aliphatic hydroxyl groups excluding tert-OH is 1. The summed E-state index contributed by atoms with van der Waals surface area (Å²) >= 11 is 0. The van der Waals surface area contributed by atoms with Crippen LogP contribution in [0, 0.1) is 13.8 Å². The molecular formula is C13H18F2O2. The van der Waals surface area contributed by atoms with Crippen LogP contribution in [-0.4, -0.2) is 24.7 Å². The molecule has 96 valence electrons. The van der Waals surface area contributed by atoms with Crippen molar-refractivity contribution in [3.8, 4) is 0 Å². The van der Waals surface area contributed by atoms with E-state index in [9.17, 15) is 13.9 Å². The van der Waals surface area contributed by atoms with E-state index in [0.29, 0.717) is 6.42 Å². The van der Waals surface area contributed by atoms with E-state index in [1.54, 1.807) is 0 Å². The van der Waals surface area contributed by atoms with Crippen LogP contribution in [0.25, 0.3) is 0 Å². The molecule has 4 heteroatoms. The Balaban J connectivity index is 2.46. The quantitative estimate of drug-likeness (QED) is 0.779. The van der Waals surface area contributed by atoms with Crippen LogP contribution in [0.3, 0.4) is 0 Å². The second-order valence-electron chi connectivity index (χ2n) is 4.13. The van der Waals surface area contributed by atoms with Crippen LogP contribution in [0.4, 0.5) is 8.78 Å². The number of alkyl halides is 2. The monoisotopic (exact) mass is 244 g/mol. The highest BCUT2D eigenvalue weighted by Crippen LogP contribution is 2.21. The Morgan fingerprint density at radius 3 is 2.65 bits per heavy atom. The summed E-state index contributed by atoms with van der Waals surface area (Å²) in [6.07, 6.45) is -2.78. The standard InChI is InChI=1S/C13H18F2O2/c1-9-3-4-10(2)11(7-9)12(16)5-6-17-8-13(14)15/h3-4,7,12-13,16H,5-6,8H2,1-2H3. The van der Waals surface area contributed by atoms with Gasteiger partial charge in [0.15, 0.2) is 0 Å². The molecule has 0 amide bonds. The average molecular weight is 244 g/mol. The van der Waals surface area contributed by atoms with Gasteiger partial charge in [0.05, 0.1) is 6.10 Å². The van der Waals surface area contributed by atoms with Crippen LogP contribution in [0.5, 0.6) is 0 Å². The molecule has 1 atom stereocenters. The van der Waals surface area contributed by atoms with Crippen molar-refractivity contribution >= 4 is 0 Å². The van der Waals surface area contributed by atoms with Crippen molar-refractivity contribution in [2.24, 2.45) is 0 Å². The average Bonchev–Trinajstić information content (AvgIpc) is 2.27. The molecule has 0 saturated heterocycles. The van der Waals surface area contributed by atoms with Gasteiger partial charge in [0, 0.05) is 13.0 Å². The molecule has 0 aliphatic rings. The lowest BCUT2D eigenvalue weighted by Gasteiger charge is -2.14. The molecule has 1 aromatic rings. The molecule has 0 aliphatic carbocycles. The van der Waals surface area contributed by atoms with Gasteiger partial charge in [-0.15, -0.1) is 0 Å². The summed E-state index contributed by atoms with van der Waals surface area (Å²) in [6.45, 7) is 3.43. The van der Waals surface area contributed by atoms with E-state index in [-0.39, 0.29) is 6.61 Å². The zero-order chi connectivity index (χ0) is 12.8. The zero-order valence-electron chi connectivity index (χ0n) is 10.1. The third-order valence-electron chi connectivity index (χ3n) is 2.57. The summed E-state index contributed by atoms with van der Waals surface area (Å²) in [5.74, 6) is 0. The van der Waals surface area contributed by atoms with Gasteiger partial charge in [-0.2, -0.15) is 0 Å². The molecule has 0 aliphatic heterocycles. The van der Waals surface area contributed by atoms with Crippen molar-refractivity contribution in [2.75, 3.05) is 13.2 Å². The molecule has 1 unspecified atom stereocenters. The van der Waals surface area contributed by atoms with Crippen LogP contribution >= 0.6 is 0 Å². The van der Waals surface area contributed by atoms with Gasteiger partial charge >= 0.3 is 0 Å². The predicted octanol–water partition coefficient (Wildman–Crippen LogP) is 3.01. The van der Waals surface area contributed by atoms with Gasteiger partial charge in [-0.25, -0.2) is 8.78 Å². The molecule has 0 saturated carbocycles. The van der Waals surface area contributed by atoms with E-state index in [1.165, 1.54) is 0 Å². The summed E-state index contributed by atoms with van der Waals surface area (Å²) < 4.78 is 28.4. The lowest BCUT2D eigenvalue weighted by molar-refractivity contribution is 0.00475. The van der Waals surface area contributed by atoms with Gasteiger partial charge in [0.25, 0.3) is 6.43 Å². The summed E-state index contributed by atoms with van der Waals surface area (Å²) in [7, 11) is 0. The minimum Gasteiger partial charge on any atom is -0.388 e. The van der Waals surface area contributed by atoms with Gasteiger partial charge in [-0.3, -0.25) is 0 Å². The summed E-state index contributed by atoms with van der Waals surface area (Å²) in [6, 6.07) is 5.82. The zero-order valence-corrected chi connectivity index (χ0v) is 10.1. The van der Waals surface area contributed by atoms with Crippen LogP contribution < -0.4 is 0 Å². The summed E-state index contributed by atoms with van der Waals surface area (Å²) in [5.41, 5.74) is 2.90. The SMILES string of the molecule is Cc1ccc(C)c(C(O)CCOCC(F)F)c1. The second kappa shape index (κ2) is 6.67. The maximum atomic E-state index is 11.8. The van der Waals surface area contributed by atoms with Crippen LogP contribution in [0.15, 0.2) is 18.2 Å². The molecule has 0 aromatic heterocycles. The van der Waals surface area contributed by atoms with Crippen molar-refractivity contribution < 1.29 is 18.6 Å². The van der Waals surface area contributed by atoms with Crippen molar-refractivity contribution in [3.05, 3.63) is 34.9 Å². The smallest absolute Gasteiger partial charge is 0.261 e. The predicted molar refractivity (Wildman–Crippen MR) is 62.3 cm³/mol. The van der Waals surface area contributed by atoms with Crippen LogP contribution in [-0.2, 0) is 4.74 Å². The van der Waals surface area contributed by atoms with Gasteiger partial charge in [0.1, 0.15) is 6.61 Å². The molecule has 0 heterocycles. The Bertz CT molecular complexity index is 353. The topological polar surface area (TPSA) is 29.5 Å². The molecule has 0 radical (unpaired) electrons. The van der Waals surface area contributed by atoms with E-state index in [0.717, 1.165) is 16.7 Å². The van der Waals surface area contributed by atoms with Gasteiger partial charge in [-0.1, -0.05) is 23.8 Å². The number of hydrogen-bond acceptors (Lipinski definition) is 2. The molecule has 1 N–H and O–H groups in total. The minimum atomic E-state index is -2.45. The Morgan fingerprint density at radius 2 is 2.00 bits per heavy atom. The molecule has 0 bridgehead atoms. The normalized spacial score (nSPS) is 13.1. The number of aliphatic hydroxyl groups is 1. The first-order chi connectivity index (χ1) is 8.00. The fourth-order valence-corrected chi connectivity index (χ4v) is 1.64. The molecule has 17 heavy (non-hydrogen) atoms. The highest BCUT2D eigenvalue weighted by Gasteiger charge is 2.11. The first kappa shape index (κ1) is 14.1. The minimum absolute atomic E-state index is 0.138. The molecule has 0 fully saturated rings. The Labute approximate surface area is 100 Å². The van der Waals surface area contributed by atoms with Crippen molar-refractivity contribution in [1.29, 1.82) is 0 Å². The lowest BCUT2D eigenvalue weighted by atomic mass is 9.99. The first-order valence-electron chi connectivity index (χ1n) is 5.62. The number of ether oxygens (including phenoxy) is 1. The largest absolute Gasteiger partial charge is 0.388 e. The third-order valence-corrected chi connectivity index (χ3v) is 2.57.